The third kappa shape index (κ3) is 3.71. The summed E-state index contributed by atoms with van der Waals surface area (Å²) in [6.45, 7) is 8.48. The lowest BCUT2D eigenvalue weighted by Crippen LogP contribution is -3.13. The Labute approximate surface area is 164 Å². The van der Waals surface area contributed by atoms with E-state index in [0.717, 1.165) is 50.0 Å². The van der Waals surface area contributed by atoms with Crippen molar-refractivity contribution in [3.8, 4) is 17.1 Å². The first-order chi connectivity index (χ1) is 13.1. The number of aromatic nitrogens is 4. The van der Waals surface area contributed by atoms with E-state index in [1.165, 1.54) is 16.0 Å². The fourth-order valence-corrected chi connectivity index (χ4v) is 3.79. The largest absolute Gasteiger partial charge is 0.370 e. The summed E-state index contributed by atoms with van der Waals surface area (Å²) in [5.74, 6) is 0.827. The zero-order valence-corrected chi connectivity index (χ0v) is 16.5. The highest BCUT2D eigenvalue weighted by molar-refractivity contribution is 7.71. The maximum atomic E-state index is 5.85. The molecule has 6 nitrogen and oxygen atoms in total. The monoisotopic (exact) mass is 382 g/mol. The van der Waals surface area contributed by atoms with Crippen LogP contribution in [-0.4, -0.2) is 45.6 Å². The maximum absolute atomic E-state index is 5.85. The van der Waals surface area contributed by atoms with Gasteiger partial charge in [-0.05, 0) is 49.8 Å². The molecule has 4 rings (SSSR count). The van der Waals surface area contributed by atoms with Gasteiger partial charge in [0, 0.05) is 18.0 Å². The SMILES string of the molecule is Cc1ccc(-n2c(-c3cccnc3)nn(C[NH+]3CCOCC3)c2=S)c(C)c1. The van der Waals surface area contributed by atoms with Crippen LogP contribution >= 0.6 is 12.2 Å². The summed E-state index contributed by atoms with van der Waals surface area (Å²) in [7, 11) is 0. The molecule has 1 saturated heterocycles. The molecule has 2 aromatic heterocycles. The molecule has 3 aromatic rings. The Morgan fingerprint density at radius 2 is 2.00 bits per heavy atom. The second-order valence-corrected chi connectivity index (χ2v) is 7.36. The number of nitrogens with zero attached hydrogens (tertiary/aromatic N) is 4. The van der Waals surface area contributed by atoms with E-state index in [9.17, 15) is 0 Å². The lowest BCUT2D eigenvalue weighted by molar-refractivity contribution is -0.930. The molecule has 1 aliphatic rings. The first-order valence-corrected chi connectivity index (χ1v) is 9.63. The highest BCUT2D eigenvalue weighted by Crippen LogP contribution is 2.24. The molecular weight excluding hydrogens is 358 g/mol. The normalized spacial score (nSPS) is 15.2. The summed E-state index contributed by atoms with van der Waals surface area (Å²) in [6, 6.07) is 10.4. The molecule has 0 atom stereocenters. The molecule has 140 valence electrons. The first-order valence-electron chi connectivity index (χ1n) is 9.22. The van der Waals surface area contributed by atoms with E-state index >= 15 is 0 Å². The number of nitrogens with one attached hydrogen (secondary N) is 1. The molecule has 0 unspecified atom stereocenters. The van der Waals surface area contributed by atoms with Gasteiger partial charge in [0.15, 0.2) is 12.5 Å². The van der Waals surface area contributed by atoms with Gasteiger partial charge in [-0.25, -0.2) is 0 Å². The Hall–Kier alpha value is -2.35. The summed E-state index contributed by atoms with van der Waals surface area (Å²) >= 11 is 5.85. The van der Waals surface area contributed by atoms with Gasteiger partial charge in [-0.2, -0.15) is 4.68 Å². The van der Waals surface area contributed by atoms with E-state index in [4.69, 9.17) is 22.1 Å². The minimum atomic E-state index is 0.708. The summed E-state index contributed by atoms with van der Waals surface area (Å²) in [5.41, 5.74) is 4.43. The number of pyridine rings is 1. The molecule has 1 aromatic carbocycles. The Kier molecular flexibility index (Phi) is 5.15. The fraction of sp³-hybridized carbons (Fsp3) is 0.350. The van der Waals surface area contributed by atoms with E-state index in [1.807, 2.05) is 23.0 Å². The van der Waals surface area contributed by atoms with Crippen molar-refractivity contribution in [3.05, 3.63) is 58.6 Å². The molecule has 1 fully saturated rings. The van der Waals surface area contributed by atoms with Crippen molar-refractivity contribution in [1.82, 2.24) is 19.3 Å². The maximum Gasteiger partial charge on any atom is 0.207 e. The molecule has 1 aliphatic heterocycles. The smallest absolute Gasteiger partial charge is 0.207 e. The van der Waals surface area contributed by atoms with Crippen LogP contribution in [0.2, 0.25) is 0 Å². The number of morpholine rings is 1. The first kappa shape index (κ1) is 18.0. The van der Waals surface area contributed by atoms with Crippen molar-refractivity contribution in [2.24, 2.45) is 0 Å². The van der Waals surface area contributed by atoms with Gasteiger partial charge in [0.25, 0.3) is 0 Å². The van der Waals surface area contributed by atoms with Crippen molar-refractivity contribution in [2.45, 2.75) is 20.5 Å². The van der Waals surface area contributed by atoms with Crippen molar-refractivity contribution in [3.63, 3.8) is 0 Å². The van der Waals surface area contributed by atoms with Crippen LogP contribution in [0.1, 0.15) is 11.1 Å². The van der Waals surface area contributed by atoms with Gasteiger partial charge in [-0.1, -0.05) is 17.7 Å². The minimum Gasteiger partial charge on any atom is -0.370 e. The molecule has 0 spiro atoms. The molecule has 3 heterocycles. The molecule has 0 aliphatic carbocycles. The average molecular weight is 383 g/mol. The Balaban J connectivity index is 1.83. The van der Waals surface area contributed by atoms with Crippen molar-refractivity contribution in [2.75, 3.05) is 26.3 Å². The number of rotatable bonds is 4. The quantitative estimate of drug-likeness (QED) is 0.701. The number of quaternary nitrogens is 1. The third-order valence-electron chi connectivity index (χ3n) is 4.93. The van der Waals surface area contributed by atoms with Crippen molar-refractivity contribution in [1.29, 1.82) is 0 Å². The molecular formula is C20H24N5OS+. The molecule has 0 amide bonds. The Morgan fingerprint density at radius 1 is 1.19 bits per heavy atom. The van der Waals surface area contributed by atoms with Gasteiger partial charge in [0.2, 0.25) is 4.77 Å². The number of hydrogen-bond acceptors (Lipinski definition) is 4. The van der Waals surface area contributed by atoms with Gasteiger partial charge >= 0.3 is 0 Å². The predicted molar refractivity (Wildman–Crippen MR) is 107 cm³/mol. The van der Waals surface area contributed by atoms with Crippen LogP contribution in [0.4, 0.5) is 0 Å². The van der Waals surface area contributed by atoms with E-state index < -0.39 is 0 Å². The fourth-order valence-electron chi connectivity index (χ4n) is 3.50. The second kappa shape index (κ2) is 7.72. The molecule has 27 heavy (non-hydrogen) atoms. The molecule has 7 heteroatoms. The average Bonchev–Trinajstić information content (AvgIpc) is 3.00. The Bertz CT molecular complexity index is 989. The zero-order chi connectivity index (χ0) is 18.8. The van der Waals surface area contributed by atoms with Crippen molar-refractivity contribution < 1.29 is 9.64 Å². The summed E-state index contributed by atoms with van der Waals surface area (Å²) < 4.78 is 10.2. The highest BCUT2D eigenvalue weighted by atomic mass is 32.1. The van der Waals surface area contributed by atoms with E-state index in [2.05, 4.69) is 41.6 Å². The van der Waals surface area contributed by atoms with Gasteiger partial charge in [-0.15, -0.1) is 5.10 Å². The molecule has 0 saturated carbocycles. The van der Waals surface area contributed by atoms with E-state index in [1.54, 1.807) is 6.20 Å². The van der Waals surface area contributed by atoms with Crippen molar-refractivity contribution >= 4 is 12.2 Å². The minimum absolute atomic E-state index is 0.708. The van der Waals surface area contributed by atoms with Crippen LogP contribution in [0.3, 0.4) is 0 Å². The molecule has 0 radical (unpaired) electrons. The number of ether oxygens (including phenoxy) is 1. The van der Waals surface area contributed by atoms with Crippen LogP contribution < -0.4 is 4.90 Å². The standard InChI is InChI=1S/C20H23N5OS/c1-15-5-6-18(16(2)12-15)25-19(17-4-3-7-21-13-17)22-24(20(25)27)14-23-8-10-26-11-9-23/h3-7,12-13H,8-11,14H2,1-2H3/p+1. The van der Waals surface area contributed by atoms with Gasteiger partial charge in [0.1, 0.15) is 13.1 Å². The van der Waals surface area contributed by atoms with Crippen LogP contribution in [0.5, 0.6) is 0 Å². The summed E-state index contributed by atoms with van der Waals surface area (Å²) in [6.07, 6.45) is 3.61. The van der Waals surface area contributed by atoms with E-state index in [-0.39, 0.29) is 0 Å². The number of hydrogen-bond donors (Lipinski definition) is 1. The van der Waals surface area contributed by atoms with Crippen LogP contribution in [0, 0.1) is 18.6 Å². The summed E-state index contributed by atoms with van der Waals surface area (Å²) in [4.78, 5) is 5.70. The lowest BCUT2D eigenvalue weighted by Gasteiger charge is -2.23. The predicted octanol–water partition coefficient (Wildman–Crippen LogP) is 1.95. The molecule has 0 bridgehead atoms. The topological polar surface area (TPSA) is 49.3 Å². The highest BCUT2D eigenvalue weighted by Gasteiger charge is 2.20. The second-order valence-electron chi connectivity index (χ2n) is 6.99. The van der Waals surface area contributed by atoms with Gasteiger partial charge < -0.3 is 9.64 Å². The summed E-state index contributed by atoms with van der Waals surface area (Å²) in [5, 5.41) is 4.89. The van der Waals surface area contributed by atoms with Gasteiger partial charge in [-0.3, -0.25) is 9.55 Å². The van der Waals surface area contributed by atoms with Crippen LogP contribution in [-0.2, 0) is 11.4 Å². The zero-order valence-electron chi connectivity index (χ0n) is 15.7. The number of aryl methyl sites for hydroxylation is 2. The van der Waals surface area contributed by atoms with E-state index in [0.29, 0.717) is 4.77 Å². The lowest BCUT2D eigenvalue weighted by atomic mass is 10.1. The van der Waals surface area contributed by atoms with Crippen LogP contribution in [0.25, 0.3) is 17.1 Å². The van der Waals surface area contributed by atoms with Gasteiger partial charge in [0.05, 0.1) is 18.9 Å². The molecule has 1 N–H and O–H groups in total. The van der Waals surface area contributed by atoms with Crippen LogP contribution in [0.15, 0.2) is 42.7 Å². The number of benzene rings is 1. The third-order valence-corrected chi connectivity index (χ3v) is 5.32. The Morgan fingerprint density at radius 3 is 2.70 bits per heavy atom.